The van der Waals surface area contributed by atoms with Crippen molar-refractivity contribution in [1.82, 2.24) is 14.5 Å². The van der Waals surface area contributed by atoms with Crippen LogP contribution in [0.25, 0.3) is 0 Å². The molecule has 1 aliphatic rings. The Labute approximate surface area is 147 Å². The van der Waals surface area contributed by atoms with Crippen molar-refractivity contribution in [2.24, 2.45) is 5.92 Å². The first-order valence-electron chi connectivity index (χ1n) is 8.67. The van der Waals surface area contributed by atoms with Gasteiger partial charge in [0, 0.05) is 45.6 Å². The highest BCUT2D eigenvalue weighted by atomic mass is 19.1. The van der Waals surface area contributed by atoms with Crippen LogP contribution >= 0.6 is 0 Å². The Morgan fingerprint density at radius 3 is 2.96 bits per heavy atom. The first-order chi connectivity index (χ1) is 12.2. The van der Waals surface area contributed by atoms with Crippen molar-refractivity contribution >= 4 is 5.91 Å². The highest BCUT2D eigenvalue weighted by Crippen LogP contribution is 2.25. The Morgan fingerprint density at radius 2 is 2.24 bits per heavy atom. The molecule has 1 saturated heterocycles. The third kappa shape index (κ3) is 4.45. The number of aromatic nitrogens is 2. The van der Waals surface area contributed by atoms with Crippen molar-refractivity contribution in [3.8, 4) is 0 Å². The number of carbonyl (C=O) groups is 1. The van der Waals surface area contributed by atoms with Gasteiger partial charge in [-0.2, -0.15) is 0 Å². The SMILES string of the molecule is CO[C@H]1CN(C(=O)CCn2ccnc2)CC[C@@H]1Cc1ccccc1F. The fourth-order valence-corrected chi connectivity index (χ4v) is 3.44. The molecule has 0 radical (unpaired) electrons. The summed E-state index contributed by atoms with van der Waals surface area (Å²) in [7, 11) is 1.67. The Morgan fingerprint density at radius 1 is 1.40 bits per heavy atom. The average molecular weight is 345 g/mol. The number of methoxy groups -OCH3 is 1. The number of benzene rings is 1. The maximum atomic E-state index is 13.9. The van der Waals surface area contributed by atoms with Gasteiger partial charge in [-0.15, -0.1) is 0 Å². The van der Waals surface area contributed by atoms with Crippen LogP contribution in [0, 0.1) is 11.7 Å². The van der Waals surface area contributed by atoms with E-state index < -0.39 is 0 Å². The molecule has 0 unspecified atom stereocenters. The number of piperidine rings is 1. The van der Waals surface area contributed by atoms with Gasteiger partial charge < -0.3 is 14.2 Å². The predicted octanol–water partition coefficient (Wildman–Crippen LogP) is 2.52. The van der Waals surface area contributed by atoms with Gasteiger partial charge in [0.25, 0.3) is 0 Å². The Kier molecular flexibility index (Phi) is 5.81. The number of nitrogens with zero attached hydrogens (tertiary/aromatic N) is 3. The second-order valence-corrected chi connectivity index (χ2v) is 6.51. The lowest BCUT2D eigenvalue weighted by Gasteiger charge is -2.38. The molecular formula is C19H24FN3O2. The first-order valence-corrected chi connectivity index (χ1v) is 8.67. The van der Waals surface area contributed by atoms with Crippen LogP contribution in [0.1, 0.15) is 18.4 Å². The summed E-state index contributed by atoms with van der Waals surface area (Å²) in [5, 5.41) is 0. The van der Waals surface area contributed by atoms with Crippen LogP contribution in [-0.4, -0.2) is 46.7 Å². The van der Waals surface area contributed by atoms with Gasteiger partial charge >= 0.3 is 0 Å². The van der Waals surface area contributed by atoms with Gasteiger partial charge in [0.2, 0.25) is 5.91 Å². The normalized spacial score (nSPS) is 20.6. The summed E-state index contributed by atoms with van der Waals surface area (Å²) in [5.41, 5.74) is 0.717. The molecule has 0 N–H and O–H groups in total. The van der Waals surface area contributed by atoms with Crippen LogP contribution in [-0.2, 0) is 22.5 Å². The van der Waals surface area contributed by atoms with E-state index in [0.717, 1.165) is 12.0 Å². The molecule has 3 rings (SSSR count). The summed E-state index contributed by atoms with van der Waals surface area (Å²) in [6.45, 7) is 1.89. The molecule has 6 heteroatoms. The van der Waals surface area contributed by atoms with Crippen LogP contribution in [0.2, 0.25) is 0 Å². The molecule has 1 aromatic heterocycles. The van der Waals surface area contributed by atoms with E-state index in [1.54, 1.807) is 25.7 Å². The van der Waals surface area contributed by atoms with Crippen LogP contribution in [0.5, 0.6) is 0 Å². The van der Waals surface area contributed by atoms with Crippen LogP contribution < -0.4 is 0 Å². The lowest BCUT2D eigenvalue weighted by molar-refractivity contribution is -0.136. The minimum Gasteiger partial charge on any atom is -0.379 e. The lowest BCUT2D eigenvalue weighted by atomic mass is 9.87. The van der Waals surface area contributed by atoms with E-state index in [1.807, 2.05) is 27.8 Å². The van der Waals surface area contributed by atoms with Gasteiger partial charge in [-0.05, 0) is 30.4 Å². The zero-order chi connectivity index (χ0) is 17.6. The Bertz CT molecular complexity index is 690. The molecule has 1 amide bonds. The van der Waals surface area contributed by atoms with Gasteiger partial charge in [-0.25, -0.2) is 9.37 Å². The fourth-order valence-electron chi connectivity index (χ4n) is 3.44. The topological polar surface area (TPSA) is 47.4 Å². The minimum absolute atomic E-state index is 0.0643. The maximum Gasteiger partial charge on any atom is 0.224 e. The van der Waals surface area contributed by atoms with Crippen molar-refractivity contribution in [3.63, 3.8) is 0 Å². The molecule has 0 saturated carbocycles. The number of carbonyl (C=O) groups excluding carboxylic acids is 1. The molecule has 2 aromatic rings. The second-order valence-electron chi connectivity index (χ2n) is 6.51. The molecule has 1 aromatic carbocycles. The molecule has 1 aliphatic heterocycles. The fraction of sp³-hybridized carbons (Fsp3) is 0.474. The highest BCUT2D eigenvalue weighted by molar-refractivity contribution is 5.76. The monoisotopic (exact) mass is 345 g/mol. The summed E-state index contributed by atoms with van der Waals surface area (Å²) in [4.78, 5) is 18.3. The number of amides is 1. The zero-order valence-corrected chi connectivity index (χ0v) is 14.5. The molecule has 134 valence electrons. The molecule has 1 fully saturated rings. The number of likely N-dealkylation sites (tertiary alicyclic amines) is 1. The van der Waals surface area contributed by atoms with Crippen molar-refractivity contribution in [3.05, 3.63) is 54.4 Å². The predicted molar refractivity (Wildman–Crippen MR) is 92.4 cm³/mol. The molecule has 0 aliphatic carbocycles. The van der Waals surface area contributed by atoms with E-state index in [0.29, 0.717) is 32.5 Å². The number of hydrogen-bond acceptors (Lipinski definition) is 3. The summed E-state index contributed by atoms with van der Waals surface area (Å²) >= 11 is 0. The molecule has 25 heavy (non-hydrogen) atoms. The summed E-state index contributed by atoms with van der Waals surface area (Å²) in [5.74, 6) is 0.177. The molecule has 2 heterocycles. The number of imidazole rings is 1. The summed E-state index contributed by atoms with van der Waals surface area (Å²) < 4.78 is 21.4. The Hall–Kier alpha value is -2.21. The lowest BCUT2D eigenvalue weighted by Crippen LogP contribution is -2.48. The second kappa shape index (κ2) is 8.25. The molecule has 5 nitrogen and oxygen atoms in total. The van der Waals surface area contributed by atoms with Crippen molar-refractivity contribution in [1.29, 1.82) is 0 Å². The molecular weight excluding hydrogens is 321 g/mol. The molecule has 0 bridgehead atoms. The third-order valence-electron chi connectivity index (χ3n) is 4.93. The van der Waals surface area contributed by atoms with E-state index in [9.17, 15) is 9.18 Å². The standard InChI is InChI=1S/C19H24FN3O2/c1-25-18-13-23(19(24)7-9-22-11-8-21-14-22)10-6-16(18)12-15-4-2-3-5-17(15)20/h2-5,8,11,14,16,18H,6-7,9-10,12-13H2,1H3/t16-,18+/m1/s1. The van der Waals surface area contributed by atoms with Crippen LogP contribution in [0.3, 0.4) is 0 Å². The van der Waals surface area contributed by atoms with E-state index in [1.165, 1.54) is 6.07 Å². The van der Waals surface area contributed by atoms with Crippen LogP contribution in [0.15, 0.2) is 43.0 Å². The number of halogens is 1. The van der Waals surface area contributed by atoms with Gasteiger partial charge in [0.1, 0.15) is 5.82 Å². The zero-order valence-electron chi connectivity index (χ0n) is 14.5. The number of aryl methyl sites for hydroxylation is 1. The van der Waals surface area contributed by atoms with E-state index in [4.69, 9.17) is 4.74 Å². The van der Waals surface area contributed by atoms with Crippen molar-refractivity contribution < 1.29 is 13.9 Å². The van der Waals surface area contributed by atoms with Crippen molar-refractivity contribution in [2.45, 2.75) is 31.9 Å². The highest BCUT2D eigenvalue weighted by Gasteiger charge is 2.31. The molecule has 0 spiro atoms. The average Bonchev–Trinajstić information content (AvgIpc) is 3.15. The minimum atomic E-state index is -0.170. The van der Waals surface area contributed by atoms with E-state index >= 15 is 0 Å². The van der Waals surface area contributed by atoms with Crippen LogP contribution in [0.4, 0.5) is 4.39 Å². The van der Waals surface area contributed by atoms with Crippen molar-refractivity contribution in [2.75, 3.05) is 20.2 Å². The quantitative estimate of drug-likeness (QED) is 0.808. The number of rotatable bonds is 6. The van der Waals surface area contributed by atoms with Gasteiger partial charge in [0.05, 0.1) is 12.4 Å². The first kappa shape index (κ1) is 17.6. The third-order valence-corrected chi connectivity index (χ3v) is 4.93. The smallest absolute Gasteiger partial charge is 0.224 e. The van der Waals surface area contributed by atoms with E-state index in [-0.39, 0.29) is 23.7 Å². The largest absolute Gasteiger partial charge is 0.379 e. The summed E-state index contributed by atoms with van der Waals surface area (Å²) in [6, 6.07) is 6.87. The Balaban J connectivity index is 1.55. The maximum absolute atomic E-state index is 13.9. The number of hydrogen-bond donors (Lipinski definition) is 0. The van der Waals surface area contributed by atoms with Gasteiger partial charge in [-0.3, -0.25) is 4.79 Å². The van der Waals surface area contributed by atoms with Gasteiger partial charge in [-0.1, -0.05) is 18.2 Å². The summed E-state index contributed by atoms with van der Waals surface area (Å²) in [6.07, 6.45) is 7.12. The number of ether oxygens (including phenoxy) is 1. The van der Waals surface area contributed by atoms with Gasteiger partial charge in [0.15, 0.2) is 0 Å². The molecule has 2 atom stereocenters. The van der Waals surface area contributed by atoms with E-state index in [2.05, 4.69) is 4.98 Å².